The van der Waals surface area contributed by atoms with Gasteiger partial charge in [-0.2, -0.15) is 8.78 Å². The zero-order valence-corrected chi connectivity index (χ0v) is 38.0. The summed E-state index contributed by atoms with van der Waals surface area (Å²) < 4.78 is 74.2. The van der Waals surface area contributed by atoms with E-state index >= 15 is 0 Å². The van der Waals surface area contributed by atoms with E-state index in [9.17, 15) is 32.6 Å². The number of halogens is 2. The number of nitrogens with zero attached hydrogens (tertiary/aromatic N) is 4. The molecular weight excluding hydrogens is 860 g/mol. The molecule has 12 nitrogen and oxygen atoms in total. The molecule has 3 N–H and O–H groups in total. The van der Waals surface area contributed by atoms with Crippen molar-refractivity contribution in [1.29, 1.82) is 0 Å². The number of benzene rings is 5. The van der Waals surface area contributed by atoms with Crippen LogP contribution in [0.5, 0.6) is 0 Å². The highest BCUT2D eigenvalue weighted by atomic mass is 31.2. The van der Waals surface area contributed by atoms with E-state index in [1.807, 2.05) is 109 Å². The van der Waals surface area contributed by atoms with Gasteiger partial charge in [-0.1, -0.05) is 123 Å². The standard InChI is InChI=1S/C48H52F2N4O8P2/c1-6-33(4)62-63(55,56)45-28-38(27-37-22-25-42(51-46(37)45)44(26-32(2)3)61-31-60-5)36-20-16-34(17-21-36)29-47(39-12-8-7-9-13-39,54-43-15-11-10-14-41(43)52-53-54)30-35-18-23-40(24-19-35)48(49,50)64(57,58)59/h7-25,27-28,32-33,44H,6,26,29-31H2,1-5H3,(H,55,56)(H2,57,58,59). The zero-order valence-electron chi connectivity index (χ0n) is 36.2. The van der Waals surface area contributed by atoms with Crippen molar-refractivity contribution >= 4 is 42.4 Å². The van der Waals surface area contributed by atoms with E-state index in [0.717, 1.165) is 34.3 Å². The lowest BCUT2D eigenvalue weighted by Gasteiger charge is -2.36. The van der Waals surface area contributed by atoms with Crippen molar-refractivity contribution in [2.45, 2.75) is 76.8 Å². The molecule has 4 atom stereocenters. The third kappa shape index (κ3) is 9.95. The number of methoxy groups -OCH3 is 1. The maximum absolute atomic E-state index is 14.8. The molecule has 0 saturated heterocycles. The normalized spacial score (nSPS) is 15.3. The number of pyridine rings is 1. The highest BCUT2D eigenvalue weighted by molar-refractivity contribution is 7.61. The van der Waals surface area contributed by atoms with Gasteiger partial charge in [0.2, 0.25) is 0 Å². The van der Waals surface area contributed by atoms with Gasteiger partial charge in [0.1, 0.15) is 18.4 Å². The zero-order chi connectivity index (χ0) is 45.9. The van der Waals surface area contributed by atoms with E-state index in [2.05, 4.69) is 24.2 Å². The smallest absolute Gasteiger partial charge is 0.359 e. The van der Waals surface area contributed by atoms with Crippen LogP contribution in [0.3, 0.4) is 0 Å². The molecule has 4 unspecified atom stereocenters. The maximum Gasteiger partial charge on any atom is 0.399 e. The number of aromatic nitrogens is 4. The van der Waals surface area contributed by atoms with Crippen molar-refractivity contribution in [3.05, 3.63) is 155 Å². The summed E-state index contributed by atoms with van der Waals surface area (Å²) in [5.74, 6) is 0.278. The summed E-state index contributed by atoms with van der Waals surface area (Å²) in [7, 11) is -8.64. The van der Waals surface area contributed by atoms with E-state index in [-0.39, 0.29) is 24.4 Å². The van der Waals surface area contributed by atoms with E-state index in [1.165, 1.54) is 12.1 Å². The fourth-order valence-corrected chi connectivity index (χ4v) is 9.96. The second kappa shape index (κ2) is 19.2. The van der Waals surface area contributed by atoms with Crippen LogP contribution in [0.2, 0.25) is 0 Å². The predicted molar refractivity (Wildman–Crippen MR) is 243 cm³/mol. The second-order valence-electron chi connectivity index (χ2n) is 16.6. The summed E-state index contributed by atoms with van der Waals surface area (Å²) in [6, 6.07) is 37.3. The van der Waals surface area contributed by atoms with E-state index < -0.39 is 44.2 Å². The molecule has 7 aromatic rings. The monoisotopic (exact) mass is 912 g/mol. The summed E-state index contributed by atoms with van der Waals surface area (Å²) in [6.45, 7) is 7.86. The van der Waals surface area contributed by atoms with Gasteiger partial charge in [0, 0.05) is 30.9 Å². The van der Waals surface area contributed by atoms with Crippen LogP contribution in [0, 0.1) is 5.92 Å². The van der Waals surface area contributed by atoms with Gasteiger partial charge >= 0.3 is 20.9 Å². The largest absolute Gasteiger partial charge is 0.399 e. The van der Waals surface area contributed by atoms with Gasteiger partial charge in [0.25, 0.3) is 0 Å². The third-order valence-electron chi connectivity index (χ3n) is 11.4. The molecule has 0 aliphatic heterocycles. The Kier molecular flexibility index (Phi) is 14.1. The Hall–Kier alpha value is -5.01. The van der Waals surface area contributed by atoms with Crippen molar-refractivity contribution in [2.24, 2.45) is 5.92 Å². The summed E-state index contributed by atoms with van der Waals surface area (Å²) in [5, 5.41) is 9.90. The van der Waals surface area contributed by atoms with Crippen LogP contribution < -0.4 is 5.30 Å². The molecule has 0 aliphatic carbocycles. The van der Waals surface area contributed by atoms with Crippen LogP contribution >= 0.6 is 15.2 Å². The number of para-hydroxylation sites is 1. The Bertz CT molecular complexity index is 2800. The lowest BCUT2D eigenvalue weighted by Crippen LogP contribution is -2.40. The summed E-state index contributed by atoms with van der Waals surface area (Å²) in [6.07, 6.45) is 0.849. The van der Waals surface area contributed by atoms with Crippen LogP contribution in [-0.2, 0) is 47.2 Å². The van der Waals surface area contributed by atoms with Gasteiger partial charge in [-0.05, 0) is 83.8 Å². The molecule has 0 radical (unpaired) electrons. The summed E-state index contributed by atoms with van der Waals surface area (Å²) >= 11 is 0. The number of hydrogen-bond acceptors (Lipinski definition) is 8. The molecule has 7 rings (SSSR count). The molecule has 2 heterocycles. The molecule has 64 heavy (non-hydrogen) atoms. The van der Waals surface area contributed by atoms with Crippen molar-refractivity contribution in [3.8, 4) is 11.1 Å². The van der Waals surface area contributed by atoms with Crippen molar-refractivity contribution < 1.29 is 46.6 Å². The highest BCUT2D eigenvalue weighted by Crippen LogP contribution is 2.59. The SMILES string of the molecule is CCC(C)OP(=O)(O)c1cc(-c2ccc(CC(Cc3ccc(C(F)(F)P(=O)(O)O)cc3)(c3ccccc3)n3nnc4ccccc43)cc2)cc2ccc(C(CC(C)C)OCOC)nc12. The lowest BCUT2D eigenvalue weighted by molar-refractivity contribution is -0.0805. The number of alkyl halides is 2. The highest BCUT2D eigenvalue weighted by Gasteiger charge is 2.50. The quantitative estimate of drug-likeness (QED) is 0.0522. The molecule has 0 aliphatic rings. The fraction of sp³-hybridized carbons (Fsp3) is 0.312. The minimum Gasteiger partial charge on any atom is -0.359 e. The first-order chi connectivity index (χ1) is 30.5. The molecule has 0 fully saturated rings. The van der Waals surface area contributed by atoms with Gasteiger partial charge in [0.15, 0.2) is 0 Å². The van der Waals surface area contributed by atoms with Crippen LogP contribution in [0.15, 0.2) is 127 Å². The molecule has 0 bridgehead atoms. The van der Waals surface area contributed by atoms with Crippen LogP contribution in [-0.4, -0.2) is 54.7 Å². The van der Waals surface area contributed by atoms with Gasteiger partial charge in [0.05, 0.1) is 33.7 Å². The van der Waals surface area contributed by atoms with E-state index in [0.29, 0.717) is 52.5 Å². The molecule has 16 heteroatoms. The molecule has 0 saturated carbocycles. The van der Waals surface area contributed by atoms with E-state index in [1.54, 1.807) is 20.1 Å². The number of fused-ring (bicyclic) bond motifs is 2. The van der Waals surface area contributed by atoms with Crippen molar-refractivity contribution in [1.82, 2.24) is 20.0 Å². The van der Waals surface area contributed by atoms with Gasteiger partial charge in [-0.15, -0.1) is 5.10 Å². The fourth-order valence-electron chi connectivity index (χ4n) is 7.97. The van der Waals surface area contributed by atoms with Gasteiger partial charge < -0.3 is 28.7 Å². The Labute approximate surface area is 370 Å². The lowest BCUT2D eigenvalue weighted by atomic mass is 9.78. The Morgan fingerprint density at radius 2 is 1.41 bits per heavy atom. The van der Waals surface area contributed by atoms with E-state index in [4.69, 9.17) is 19.0 Å². The number of ether oxygens (including phenoxy) is 2. The third-order valence-corrected chi connectivity index (χ3v) is 14.0. The van der Waals surface area contributed by atoms with Gasteiger partial charge in [-0.3, -0.25) is 9.13 Å². The molecule has 0 spiro atoms. The van der Waals surface area contributed by atoms with Gasteiger partial charge in [-0.25, -0.2) is 9.67 Å². The Morgan fingerprint density at radius 1 is 0.766 bits per heavy atom. The average Bonchev–Trinajstić information content (AvgIpc) is 3.72. The molecular formula is C48H52F2N4O8P2. The number of hydrogen-bond donors (Lipinski definition) is 3. The number of rotatable bonds is 19. The first-order valence-corrected chi connectivity index (χ1v) is 24.2. The van der Waals surface area contributed by atoms with Crippen LogP contribution in [0.1, 0.15) is 74.6 Å². The molecule has 336 valence electrons. The predicted octanol–water partition coefficient (Wildman–Crippen LogP) is 10.4. The molecule has 2 aromatic heterocycles. The first-order valence-electron chi connectivity index (χ1n) is 21.0. The average molecular weight is 913 g/mol. The van der Waals surface area contributed by atoms with Crippen LogP contribution in [0.25, 0.3) is 33.1 Å². The summed E-state index contributed by atoms with van der Waals surface area (Å²) in [4.78, 5) is 35.3. The topological polar surface area (TPSA) is 166 Å². The molecule has 0 amide bonds. The minimum atomic E-state index is -5.78. The minimum absolute atomic E-state index is 0.0623. The molecule has 5 aromatic carbocycles. The van der Waals surface area contributed by atoms with Crippen LogP contribution in [0.4, 0.5) is 8.78 Å². The Balaban J connectivity index is 1.32. The Morgan fingerprint density at radius 3 is 2.03 bits per heavy atom. The van der Waals surface area contributed by atoms with Crippen molar-refractivity contribution in [2.75, 3.05) is 13.9 Å². The maximum atomic E-state index is 14.8. The second-order valence-corrected chi connectivity index (χ2v) is 19.9. The summed E-state index contributed by atoms with van der Waals surface area (Å²) in [5.41, 5.74) is -0.0303. The van der Waals surface area contributed by atoms with Crippen molar-refractivity contribution in [3.63, 3.8) is 0 Å². The first kappa shape index (κ1) is 47.0.